The Hall–Kier alpha value is -1.26. The van der Waals surface area contributed by atoms with Crippen molar-refractivity contribution >= 4 is 17.5 Å². The Morgan fingerprint density at radius 3 is 2.76 bits per heavy atom. The van der Waals surface area contributed by atoms with Crippen LogP contribution in [0.1, 0.15) is 36.0 Å². The summed E-state index contributed by atoms with van der Waals surface area (Å²) in [5.41, 5.74) is 2.52. The van der Waals surface area contributed by atoms with Crippen LogP contribution < -0.4 is 5.48 Å². The first-order valence-electron chi connectivity index (χ1n) is 5.61. The van der Waals surface area contributed by atoms with Crippen molar-refractivity contribution in [3.63, 3.8) is 0 Å². The maximum Gasteiger partial charge on any atom is 0.278 e. The highest BCUT2D eigenvalue weighted by atomic mass is 35.5. The molecular weight excluding hydrogens is 242 g/mol. The summed E-state index contributed by atoms with van der Waals surface area (Å²) >= 11 is 5.68. The van der Waals surface area contributed by atoms with E-state index < -0.39 is 5.91 Å². The van der Waals surface area contributed by atoms with Gasteiger partial charge in [0.25, 0.3) is 5.91 Å². The van der Waals surface area contributed by atoms with E-state index in [-0.39, 0.29) is 17.4 Å². The predicted molar refractivity (Wildman–Crippen MR) is 63.9 cm³/mol. The number of hydrogen-bond donors (Lipinski definition) is 2. The summed E-state index contributed by atoms with van der Waals surface area (Å²) in [5.74, 6) is -0.601. The predicted octanol–water partition coefficient (Wildman–Crippen LogP) is 2.65. The Kier molecular flexibility index (Phi) is 3.86. The first-order valence-corrected chi connectivity index (χ1v) is 5.99. The molecule has 0 bridgehead atoms. The largest absolute Gasteiger partial charge is 0.507 e. The molecule has 0 saturated heterocycles. The van der Waals surface area contributed by atoms with Crippen molar-refractivity contribution in [3.05, 3.63) is 28.8 Å². The maximum atomic E-state index is 11.7. The number of phenols is 1. The molecule has 0 aliphatic heterocycles. The van der Waals surface area contributed by atoms with Crippen LogP contribution in [0.5, 0.6) is 5.75 Å². The van der Waals surface area contributed by atoms with Crippen molar-refractivity contribution in [1.82, 2.24) is 5.48 Å². The molecule has 1 saturated carbocycles. The zero-order chi connectivity index (χ0) is 12.3. The Balaban J connectivity index is 1.94. The van der Waals surface area contributed by atoms with Gasteiger partial charge in [-0.2, -0.15) is 0 Å². The molecule has 1 aromatic rings. The third-order valence-electron chi connectivity index (χ3n) is 2.82. The van der Waals surface area contributed by atoms with Crippen LogP contribution in [-0.4, -0.2) is 17.1 Å². The van der Waals surface area contributed by atoms with Crippen LogP contribution in [-0.2, 0) is 4.84 Å². The molecular formula is C12H14ClNO3. The number of halogens is 1. The second-order valence-corrected chi connectivity index (χ2v) is 4.55. The molecule has 1 fully saturated rings. The van der Waals surface area contributed by atoms with E-state index in [1.807, 2.05) is 0 Å². The molecule has 1 aliphatic rings. The number of nitrogens with one attached hydrogen (secondary N) is 1. The fourth-order valence-electron chi connectivity index (χ4n) is 1.89. The molecule has 0 radical (unpaired) electrons. The highest BCUT2D eigenvalue weighted by molar-refractivity contribution is 6.30. The van der Waals surface area contributed by atoms with E-state index in [1.54, 1.807) is 6.07 Å². The SMILES string of the molecule is O=C(NOC1CCCC1)c1ccc(Cl)cc1O. The van der Waals surface area contributed by atoms with Crippen LogP contribution >= 0.6 is 11.6 Å². The molecule has 1 aliphatic carbocycles. The van der Waals surface area contributed by atoms with Crippen LogP contribution in [0, 0.1) is 0 Å². The Morgan fingerprint density at radius 2 is 2.12 bits per heavy atom. The Bertz CT molecular complexity index is 416. The fraction of sp³-hybridized carbons (Fsp3) is 0.417. The van der Waals surface area contributed by atoms with Crippen molar-refractivity contribution in [2.24, 2.45) is 0 Å². The minimum Gasteiger partial charge on any atom is -0.507 e. The third-order valence-corrected chi connectivity index (χ3v) is 3.06. The summed E-state index contributed by atoms with van der Waals surface area (Å²) < 4.78 is 0. The van der Waals surface area contributed by atoms with Crippen molar-refractivity contribution in [1.29, 1.82) is 0 Å². The smallest absolute Gasteiger partial charge is 0.278 e. The quantitative estimate of drug-likeness (QED) is 0.817. The van der Waals surface area contributed by atoms with Gasteiger partial charge in [-0.15, -0.1) is 0 Å². The molecule has 0 atom stereocenters. The first-order chi connectivity index (χ1) is 8.16. The number of aromatic hydroxyl groups is 1. The molecule has 2 N–H and O–H groups in total. The van der Waals surface area contributed by atoms with Crippen molar-refractivity contribution in [2.45, 2.75) is 31.8 Å². The minimum absolute atomic E-state index is 0.0911. The van der Waals surface area contributed by atoms with Gasteiger partial charge >= 0.3 is 0 Å². The standard InChI is InChI=1S/C12H14ClNO3/c13-8-5-6-10(11(15)7-8)12(16)14-17-9-3-1-2-4-9/h5-7,9,15H,1-4H2,(H,14,16). The van der Waals surface area contributed by atoms with Crippen LogP contribution in [0.4, 0.5) is 0 Å². The normalized spacial score (nSPS) is 16.1. The second kappa shape index (κ2) is 5.38. The van der Waals surface area contributed by atoms with Gasteiger partial charge in [0.05, 0.1) is 11.7 Å². The van der Waals surface area contributed by atoms with E-state index in [2.05, 4.69) is 5.48 Å². The minimum atomic E-state index is -0.453. The monoisotopic (exact) mass is 255 g/mol. The number of phenolic OH excluding ortho intramolecular Hbond substituents is 1. The highest BCUT2D eigenvalue weighted by Gasteiger charge is 2.18. The van der Waals surface area contributed by atoms with Gasteiger partial charge in [0, 0.05) is 5.02 Å². The number of amides is 1. The van der Waals surface area contributed by atoms with E-state index >= 15 is 0 Å². The Labute approximate surface area is 104 Å². The van der Waals surface area contributed by atoms with Gasteiger partial charge in [-0.25, -0.2) is 5.48 Å². The molecule has 1 amide bonds. The average molecular weight is 256 g/mol. The zero-order valence-corrected chi connectivity index (χ0v) is 10.0. The molecule has 17 heavy (non-hydrogen) atoms. The summed E-state index contributed by atoms with van der Waals surface area (Å²) in [6.07, 6.45) is 4.28. The third kappa shape index (κ3) is 3.11. The van der Waals surface area contributed by atoms with E-state index in [4.69, 9.17) is 16.4 Å². The summed E-state index contributed by atoms with van der Waals surface area (Å²) in [5, 5.41) is 9.94. The van der Waals surface area contributed by atoms with E-state index in [1.165, 1.54) is 12.1 Å². The summed E-state index contributed by atoms with van der Waals surface area (Å²) in [6.45, 7) is 0. The molecule has 0 heterocycles. The lowest BCUT2D eigenvalue weighted by molar-refractivity contribution is -0.0126. The number of benzene rings is 1. The van der Waals surface area contributed by atoms with Gasteiger partial charge in [0.1, 0.15) is 5.75 Å². The van der Waals surface area contributed by atoms with Crippen LogP contribution in [0.15, 0.2) is 18.2 Å². The lowest BCUT2D eigenvalue weighted by Crippen LogP contribution is -2.28. The highest BCUT2D eigenvalue weighted by Crippen LogP contribution is 2.23. The van der Waals surface area contributed by atoms with Crippen molar-refractivity contribution in [2.75, 3.05) is 0 Å². The number of hydrogen-bond acceptors (Lipinski definition) is 3. The lowest BCUT2D eigenvalue weighted by Gasteiger charge is -2.11. The van der Waals surface area contributed by atoms with Gasteiger partial charge in [0.15, 0.2) is 0 Å². The van der Waals surface area contributed by atoms with Gasteiger partial charge in [0.2, 0.25) is 0 Å². The number of hydroxylamine groups is 1. The average Bonchev–Trinajstić information content (AvgIpc) is 2.78. The van der Waals surface area contributed by atoms with Crippen molar-refractivity contribution in [3.8, 4) is 5.75 Å². The summed E-state index contributed by atoms with van der Waals surface area (Å²) in [7, 11) is 0. The van der Waals surface area contributed by atoms with Gasteiger partial charge < -0.3 is 5.11 Å². The maximum absolute atomic E-state index is 11.7. The Morgan fingerprint density at radius 1 is 1.41 bits per heavy atom. The molecule has 2 rings (SSSR count). The lowest BCUT2D eigenvalue weighted by atomic mass is 10.2. The molecule has 0 spiro atoms. The first kappa shape index (κ1) is 12.2. The molecule has 4 nitrogen and oxygen atoms in total. The summed E-state index contributed by atoms with van der Waals surface area (Å²) in [6, 6.07) is 4.34. The number of rotatable bonds is 3. The summed E-state index contributed by atoms with van der Waals surface area (Å²) in [4.78, 5) is 17.0. The molecule has 92 valence electrons. The molecule has 1 aromatic carbocycles. The van der Waals surface area contributed by atoms with Crippen molar-refractivity contribution < 1.29 is 14.7 Å². The van der Waals surface area contributed by atoms with Crippen LogP contribution in [0.2, 0.25) is 5.02 Å². The van der Waals surface area contributed by atoms with E-state index in [9.17, 15) is 9.90 Å². The molecule has 0 unspecified atom stereocenters. The van der Waals surface area contributed by atoms with E-state index in [0.717, 1.165) is 25.7 Å². The van der Waals surface area contributed by atoms with Crippen LogP contribution in [0.25, 0.3) is 0 Å². The number of carbonyl (C=O) groups is 1. The van der Waals surface area contributed by atoms with Gasteiger partial charge in [-0.1, -0.05) is 24.4 Å². The second-order valence-electron chi connectivity index (χ2n) is 4.12. The van der Waals surface area contributed by atoms with Gasteiger partial charge in [-0.3, -0.25) is 9.63 Å². The topological polar surface area (TPSA) is 58.6 Å². The zero-order valence-electron chi connectivity index (χ0n) is 9.28. The fourth-order valence-corrected chi connectivity index (χ4v) is 2.06. The molecule has 5 heteroatoms. The van der Waals surface area contributed by atoms with Crippen LogP contribution in [0.3, 0.4) is 0 Å². The van der Waals surface area contributed by atoms with Gasteiger partial charge in [-0.05, 0) is 31.0 Å². The molecule has 0 aromatic heterocycles. The van der Waals surface area contributed by atoms with E-state index in [0.29, 0.717) is 5.02 Å². The number of carbonyl (C=O) groups excluding carboxylic acids is 1.